The van der Waals surface area contributed by atoms with Gasteiger partial charge in [-0.05, 0) is 44.1 Å². The molecule has 1 aliphatic heterocycles. The lowest BCUT2D eigenvalue weighted by Crippen LogP contribution is -2.34. The topological polar surface area (TPSA) is 38.3 Å². The molecular formula is C11H21NO2S. The SMILES string of the molecule is CC(C)OCC(=O)NCC1CCSCC1. The van der Waals surface area contributed by atoms with E-state index in [1.54, 1.807) is 0 Å². The molecule has 0 aromatic carbocycles. The quantitative estimate of drug-likeness (QED) is 0.782. The largest absolute Gasteiger partial charge is 0.369 e. The lowest BCUT2D eigenvalue weighted by Gasteiger charge is -2.21. The van der Waals surface area contributed by atoms with Crippen LogP contribution in [0.15, 0.2) is 0 Å². The van der Waals surface area contributed by atoms with Gasteiger partial charge in [0.1, 0.15) is 6.61 Å². The van der Waals surface area contributed by atoms with Crippen LogP contribution in [0.4, 0.5) is 0 Å². The van der Waals surface area contributed by atoms with Gasteiger partial charge in [-0.15, -0.1) is 0 Å². The minimum atomic E-state index is 0.0157. The number of nitrogens with one attached hydrogen (secondary N) is 1. The highest BCUT2D eigenvalue weighted by Crippen LogP contribution is 2.21. The Balaban J connectivity index is 2.05. The number of hydrogen-bond donors (Lipinski definition) is 1. The normalized spacial score (nSPS) is 18.1. The highest BCUT2D eigenvalue weighted by Gasteiger charge is 2.14. The van der Waals surface area contributed by atoms with E-state index in [2.05, 4.69) is 5.32 Å². The van der Waals surface area contributed by atoms with Gasteiger partial charge >= 0.3 is 0 Å². The molecule has 1 saturated heterocycles. The van der Waals surface area contributed by atoms with Crippen molar-refractivity contribution in [2.24, 2.45) is 5.92 Å². The first kappa shape index (κ1) is 12.8. The molecule has 0 spiro atoms. The summed E-state index contributed by atoms with van der Waals surface area (Å²) in [5, 5.41) is 2.93. The second-order valence-electron chi connectivity index (χ2n) is 4.22. The third kappa shape index (κ3) is 6.05. The van der Waals surface area contributed by atoms with Crippen molar-refractivity contribution in [3.05, 3.63) is 0 Å². The fraction of sp³-hybridized carbons (Fsp3) is 0.909. The molecule has 1 aliphatic rings. The molecule has 0 aromatic heterocycles. The second-order valence-corrected chi connectivity index (χ2v) is 5.44. The van der Waals surface area contributed by atoms with Gasteiger partial charge in [-0.25, -0.2) is 0 Å². The number of rotatable bonds is 5. The summed E-state index contributed by atoms with van der Waals surface area (Å²) in [7, 11) is 0. The van der Waals surface area contributed by atoms with E-state index in [-0.39, 0.29) is 18.6 Å². The van der Waals surface area contributed by atoms with Gasteiger partial charge in [-0.1, -0.05) is 0 Å². The summed E-state index contributed by atoms with van der Waals surface area (Å²) in [6, 6.07) is 0. The zero-order valence-electron chi connectivity index (χ0n) is 9.62. The predicted octanol–water partition coefficient (Wildman–Crippen LogP) is 1.67. The van der Waals surface area contributed by atoms with E-state index in [9.17, 15) is 4.79 Å². The minimum Gasteiger partial charge on any atom is -0.369 e. The molecule has 1 amide bonds. The van der Waals surface area contributed by atoms with E-state index in [0.29, 0.717) is 5.92 Å². The van der Waals surface area contributed by atoms with Crippen LogP contribution in [-0.4, -0.2) is 36.7 Å². The van der Waals surface area contributed by atoms with Crippen LogP contribution in [0.5, 0.6) is 0 Å². The molecule has 0 aliphatic carbocycles. The first-order chi connectivity index (χ1) is 7.18. The Bertz CT molecular complexity index is 191. The van der Waals surface area contributed by atoms with Crippen molar-refractivity contribution in [2.45, 2.75) is 32.8 Å². The summed E-state index contributed by atoms with van der Waals surface area (Å²) in [4.78, 5) is 11.3. The zero-order valence-corrected chi connectivity index (χ0v) is 10.4. The van der Waals surface area contributed by atoms with Crippen LogP contribution in [0.25, 0.3) is 0 Å². The molecule has 1 N–H and O–H groups in total. The number of ether oxygens (including phenoxy) is 1. The van der Waals surface area contributed by atoms with E-state index >= 15 is 0 Å². The maximum absolute atomic E-state index is 11.3. The van der Waals surface area contributed by atoms with Crippen molar-refractivity contribution in [3.63, 3.8) is 0 Å². The van der Waals surface area contributed by atoms with Gasteiger partial charge in [0.25, 0.3) is 0 Å². The average Bonchev–Trinajstić information content (AvgIpc) is 2.25. The highest BCUT2D eigenvalue weighted by atomic mass is 32.2. The van der Waals surface area contributed by atoms with E-state index in [1.165, 1.54) is 24.3 Å². The van der Waals surface area contributed by atoms with Crippen LogP contribution in [0.1, 0.15) is 26.7 Å². The van der Waals surface area contributed by atoms with Crippen LogP contribution in [0.3, 0.4) is 0 Å². The van der Waals surface area contributed by atoms with Crippen molar-refractivity contribution in [2.75, 3.05) is 24.7 Å². The molecule has 88 valence electrons. The monoisotopic (exact) mass is 231 g/mol. The van der Waals surface area contributed by atoms with Crippen molar-refractivity contribution in [1.29, 1.82) is 0 Å². The van der Waals surface area contributed by atoms with Crippen LogP contribution in [0, 0.1) is 5.92 Å². The van der Waals surface area contributed by atoms with Crippen LogP contribution >= 0.6 is 11.8 Å². The molecule has 1 rings (SSSR count). The molecule has 1 heterocycles. The molecule has 0 radical (unpaired) electrons. The van der Waals surface area contributed by atoms with Crippen molar-refractivity contribution in [3.8, 4) is 0 Å². The standard InChI is InChI=1S/C11H21NO2S/c1-9(2)14-8-11(13)12-7-10-3-5-15-6-4-10/h9-10H,3-8H2,1-2H3,(H,12,13). The highest BCUT2D eigenvalue weighted by molar-refractivity contribution is 7.99. The van der Waals surface area contributed by atoms with Crippen LogP contribution < -0.4 is 5.32 Å². The molecule has 1 fully saturated rings. The van der Waals surface area contributed by atoms with Crippen molar-refractivity contribution >= 4 is 17.7 Å². The lowest BCUT2D eigenvalue weighted by atomic mass is 10.0. The fourth-order valence-electron chi connectivity index (χ4n) is 1.50. The third-order valence-electron chi connectivity index (χ3n) is 2.48. The average molecular weight is 231 g/mol. The van der Waals surface area contributed by atoms with Gasteiger partial charge in [0.15, 0.2) is 0 Å². The number of thioether (sulfide) groups is 1. The fourth-order valence-corrected chi connectivity index (χ4v) is 2.71. The Hall–Kier alpha value is -0.220. The Labute approximate surface area is 96.3 Å². The van der Waals surface area contributed by atoms with E-state index in [4.69, 9.17) is 4.74 Å². The van der Waals surface area contributed by atoms with Crippen molar-refractivity contribution < 1.29 is 9.53 Å². The number of hydrogen-bond acceptors (Lipinski definition) is 3. The van der Waals surface area contributed by atoms with Crippen LogP contribution in [0.2, 0.25) is 0 Å². The van der Waals surface area contributed by atoms with Crippen molar-refractivity contribution in [1.82, 2.24) is 5.32 Å². The number of carbonyl (C=O) groups excluding carboxylic acids is 1. The first-order valence-electron chi connectivity index (χ1n) is 5.64. The van der Waals surface area contributed by atoms with Gasteiger partial charge in [-0.2, -0.15) is 11.8 Å². The summed E-state index contributed by atoms with van der Waals surface area (Å²) < 4.78 is 5.23. The molecule has 0 aromatic rings. The van der Waals surface area contributed by atoms with Gasteiger partial charge in [0.2, 0.25) is 5.91 Å². The molecule has 15 heavy (non-hydrogen) atoms. The molecular weight excluding hydrogens is 210 g/mol. The molecule has 4 heteroatoms. The molecule has 0 saturated carbocycles. The smallest absolute Gasteiger partial charge is 0.246 e. The van der Waals surface area contributed by atoms with E-state index in [0.717, 1.165) is 6.54 Å². The van der Waals surface area contributed by atoms with E-state index < -0.39 is 0 Å². The van der Waals surface area contributed by atoms with Gasteiger partial charge in [0, 0.05) is 6.54 Å². The second kappa shape index (κ2) is 7.12. The molecule has 0 atom stereocenters. The maximum Gasteiger partial charge on any atom is 0.246 e. The Kier molecular flexibility index (Phi) is 6.10. The lowest BCUT2D eigenvalue weighted by molar-refractivity contribution is -0.127. The first-order valence-corrected chi connectivity index (χ1v) is 6.80. The maximum atomic E-state index is 11.3. The molecule has 3 nitrogen and oxygen atoms in total. The Morgan fingerprint density at radius 3 is 2.73 bits per heavy atom. The van der Waals surface area contributed by atoms with Crippen LogP contribution in [-0.2, 0) is 9.53 Å². The summed E-state index contributed by atoms with van der Waals surface area (Å²) in [6.07, 6.45) is 2.59. The van der Waals surface area contributed by atoms with Gasteiger partial charge in [0.05, 0.1) is 6.10 Å². The predicted molar refractivity (Wildman–Crippen MR) is 64.1 cm³/mol. The molecule has 0 bridgehead atoms. The van der Waals surface area contributed by atoms with Gasteiger partial charge in [-0.3, -0.25) is 4.79 Å². The summed E-state index contributed by atoms with van der Waals surface area (Å²) in [6.45, 7) is 4.89. The van der Waals surface area contributed by atoms with Gasteiger partial charge < -0.3 is 10.1 Å². The Morgan fingerprint density at radius 2 is 2.13 bits per heavy atom. The summed E-state index contributed by atoms with van der Waals surface area (Å²) in [5.41, 5.74) is 0. The number of amides is 1. The zero-order chi connectivity index (χ0) is 11.1. The third-order valence-corrected chi connectivity index (χ3v) is 3.53. The Morgan fingerprint density at radius 1 is 1.47 bits per heavy atom. The summed E-state index contributed by atoms with van der Waals surface area (Å²) >= 11 is 2.01. The molecule has 0 unspecified atom stereocenters. The number of carbonyl (C=O) groups is 1. The minimum absolute atomic E-state index is 0.0157. The van der Waals surface area contributed by atoms with E-state index in [1.807, 2.05) is 25.6 Å². The summed E-state index contributed by atoms with van der Waals surface area (Å²) in [5.74, 6) is 3.17.